The van der Waals surface area contributed by atoms with Crippen molar-refractivity contribution in [3.63, 3.8) is 0 Å². The van der Waals surface area contributed by atoms with E-state index in [9.17, 15) is 0 Å². The molecular formula is C18H29N3. The van der Waals surface area contributed by atoms with Gasteiger partial charge in [-0.1, -0.05) is 19.1 Å². The first-order valence-corrected chi connectivity index (χ1v) is 8.58. The normalized spacial score (nSPS) is 24.7. The molecule has 116 valence electrons. The summed E-state index contributed by atoms with van der Waals surface area (Å²) in [5, 5.41) is 3.39. The number of hydrogen-bond donors (Lipinski definition) is 1. The summed E-state index contributed by atoms with van der Waals surface area (Å²) in [6.07, 6.45) is 5.20. The Morgan fingerprint density at radius 1 is 1.14 bits per heavy atom. The lowest BCUT2D eigenvalue weighted by Gasteiger charge is -2.27. The van der Waals surface area contributed by atoms with E-state index in [1.165, 1.54) is 56.7 Å². The van der Waals surface area contributed by atoms with Gasteiger partial charge in [-0.3, -0.25) is 4.90 Å². The predicted octanol–water partition coefficient (Wildman–Crippen LogP) is 3.03. The molecule has 0 amide bonds. The van der Waals surface area contributed by atoms with Crippen LogP contribution in [0.5, 0.6) is 0 Å². The Balaban J connectivity index is 1.71. The van der Waals surface area contributed by atoms with Crippen LogP contribution in [0.25, 0.3) is 0 Å². The van der Waals surface area contributed by atoms with Crippen molar-refractivity contribution in [2.24, 2.45) is 0 Å². The number of rotatable bonds is 4. The zero-order chi connectivity index (χ0) is 14.7. The molecule has 1 N–H and O–H groups in total. The van der Waals surface area contributed by atoms with Crippen molar-refractivity contribution < 1.29 is 0 Å². The molecule has 3 rings (SSSR count). The molecule has 0 aromatic heterocycles. The first-order chi connectivity index (χ1) is 10.3. The van der Waals surface area contributed by atoms with Crippen LogP contribution in [-0.4, -0.2) is 44.2 Å². The highest BCUT2D eigenvalue weighted by molar-refractivity contribution is 5.48. The molecule has 2 saturated heterocycles. The van der Waals surface area contributed by atoms with Crippen LogP contribution in [0.15, 0.2) is 24.3 Å². The average molecular weight is 287 g/mol. The molecular weight excluding hydrogens is 258 g/mol. The zero-order valence-electron chi connectivity index (χ0n) is 13.5. The lowest BCUT2D eigenvalue weighted by molar-refractivity contribution is 0.273. The number of nitrogens with zero attached hydrogens (tertiary/aromatic N) is 2. The molecule has 2 atom stereocenters. The first kappa shape index (κ1) is 14.9. The average Bonchev–Trinajstić information content (AvgIpc) is 2.86. The van der Waals surface area contributed by atoms with E-state index in [1.807, 2.05) is 7.05 Å². The van der Waals surface area contributed by atoms with E-state index in [0.717, 1.165) is 12.5 Å². The van der Waals surface area contributed by atoms with Crippen LogP contribution >= 0.6 is 0 Å². The summed E-state index contributed by atoms with van der Waals surface area (Å²) >= 11 is 0. The Morgan fingerprint density at radius 3 is 2.62 bits per heavy atom. The Morgan fingerprint density at radius 2 is 1.90 bits per heavy atom. The second-order valence-electron chi connectivity index (χ2n) is 6.47. The Hall–Kier alpha value is -1.06. The van der Waals surface area contributed by atoms with Crippen LogP contribution in [0, 0.1) is 0 Å². The highest BCUT2D eigenvalue weighted by Crippen LogP contribution is 2.26. The Kier molecular flexibility index (Phi) is 4.81. The predicted molar refractivity (Wildman–Crippen MR) is 90.0 cm³/mol. The zero-order valence-corrected chi connectivity index (χ0v) is 13.5. The van der Waals surface area contributed by atoms with E-state index in [-0.39, 0.29) is 0 Å². The Bertz CT molecular complexity index is 438. The van der Waals surface area contributed by atoms with Gasteiger partial charge in [0.15, 0.2) is 0 Å². The fraction of sp³-hybridized carbons (Fsp3) is 0.667. The van der Waals surface area contributed by atoms with Gasteiger partial charge in [-0.25, -0.2) is 0 Å². The van der Waals surface area contributed by atoms with Crippen LogP contribution in [0.2, 0.25) is 0 Å². The molecule has 0 spiro atoms. The van der Waals surface area contributed by atoms with Gasteiger partial charge in [0.25, 0.3) is 0 Å². The van der Waals surface area contributed by atoms with Crippen molar-refractivity contribution in [2.45, 2.75) is 44.7 Å². The van der Waals surface area contributed by atoms with Crippen LogP contribution in [-0.2, 0) is 0 Å². The summed E-state index contributed by atoms with van der Waals surface area (Å²) in [7, 11) is 2.05. The van der Waals surface area contributed by atoms with Crippen LogP contribution in [0.4, 0.5) is 5.69 Å². The summed E-state index contributed by atoms with van der Waals surface area (Å²) in [4.78, 5) is 5.29. The molecule has 2 fully saturated rings. The molecule has 3 heteroatoms. The standard InChI is InChI=1S/C18H29N3/c1-3-18(19-2)15-7-9-16(10-8-15)21-13-5-12-20-11-4-6-17(20)14-21/h7-10,17-19H,3-6,11-14H2,1-2H3. The van der Waals surface area contributed by atoms with E-state index in [1.54, 1.807) is 0 Å². The molecule has 0 aliphatic carbocycles. The van der Waals surface area contributed by atoms with Crippen molar-refractivity contribution in [3.8, 4) is 0 Å². The molecule has 0 bridgehead atoms. The minimum Gasteiger partial charge on any atom is -0.370 e. The van der Waals surface area contributed by atoms with Crippen LogP contribution in [0.1, 0.15) is 44.2 Å². The van der Waals surface area contributed by atoms with Gasteiger partial charge in [0, 0.05) is 37.4 Å². The first-order valence-electron chi connectivity index (χ1n) is 8.58. The van der Waals surface area contributed by atoms with E-state index in [4.69, 9.17) is 0 Å². The highest BCUT2D eigenvalue weighted by atomic mass is 15.3. The number of nitrogens with one attached hydrogen (secondary N) is 1. The maximum absolute atomic E-state index is 3.39. The summed E-state index contributed by atoms with van der Waals surface area (Å²) in [5.74, 6) is 0. The van der Waals surface area contributed by atoms with E-state index in [0.29, 0.717) is 6.04 Å². The van der Waals surface area contributed by atoms with Crippen molar-refractivity contribution in [2.75, 3.05) is 38.1 Å². The Labute approximate surface area is 129 Å². The fourth-order valence-corrected chi connectivity index (χ4v) is 3.97. The lowest BCUT2D eigenvalue weighted by Crippen LogP contribution is -2.36. The molecule has 2 unspecified atom stereocenters. The number of fused-ring (bicyclic) bond motifs is 1. The summed E-state index contributed by atoms with van der Waals surface area (Å²) in [6.45, 7) is 7.26. The maximum Gasteiger partial charge on any atom is 0.0366 e. The molecule has 1 aromatic carbocycles. The van der Waals surface area contributed by atoms with E-state index < -0.39 is 0 Å². The molecule has 3 nitrogen and oxygen atoms in total. The summed E-state index contributed by atoms with van der Waals surface area (Å²) in [6, 6.07) is 10.5. The van der Waals surface area contributed by atoms with E-state index >= 15 is 0 Å². The maximum atomic E-state index is 3.39. The minimum atomic E-state index is 0.480. The molecule has 2 aliphatic heterocycles. The van der Waals surface area contributed by atoms with Gasteiger partial charge >= 0.3 is 0 Å². The summed E-state index contributed by atoms with van der Waals surface area (Å²) < 4.78 is 0. The van der Waals surface area contributed by atoms with Gasteiger partial charge in [0.2, 0.25) is 0 Å². The van der Waals surface area contributed by atoms with Gasteiger partial charge in [0.1, 0.15) is 0 Å². The monoisotopic (exact) mass is 287 g/mol. The van der Waals surface area contributed by atoms with Crippen molar-refractivity contribution >= 4 is 5.69 Å². The van der Waals surface area contributed by atoms with Gasteiger partial charge < -0.3 is 10.2 Å². The molecule has 1 aromatic rings. The molecule has 21 heavy (non-hydrogen) atoms. The summed E-state index contributed by atoms with van der Waals surface area (Å²) in [5.41, 5.74) is 2.81. The largest absolute Gasteiger partial charge is 0.370 e. The molecule has 0 radical (unpaired) electrons. The van der Waals surface area contributed by atoms with Gasteiger partial charge in [-0.15, -0.1) is 0 Å². The molecule has 2 aliphatic rings. The van der Waals surface area contributed by atoms with Crippen molar-refractivity contribution in [3.05, 3.63) is 29.8 Å². The topological polar surface area (TPSA) is 18.5 Å². The third-order valence-corrected chi connectivity index (χ3v) is 5.22. The van der Waals surface area contributed by atoms with Gasteiger partial charge in [-0.05, 0) is 57.0 Å². The molecule has 0 saturated carbocycles. The quantitative estimate of drug-likeness (QED) is 0.918. The van der Waals surface area contributed by atoms with Crippen molar-refractivity contribution in [1.29, 1.82) is 0 Å². The number of hydrogen-bond acceptors (Lipinski definition) is 3. The highest BCUT2D eigenvalue weighted by Gasteiger charge is 2.28. The van der Waals surface area contributed by atoms with Crippen LogP contribution < -0.4 is 10.2 Å². The minimum absolute atomic E-state index is 0.480. The van der Waals surface area contributed by atoms with Crippen LogP contribution in [0.3, 0.4) is 0 Å². The van der Waals surface area contributed by atoms with Gasteiger partial charge in [-0.2, -0.15) is 0 Å². The van der Waals surface area contributed by atoms with Crippen molar-refractivity contribution in [1.82, 2.24) is 10.2 Å². The second-order valence-corrected chi connectivity index (χ2v) is 6.47. The SMILES string of the molecule is CCC(NC)c1ccc(N2CCCN3CCCC3C2)cc1. The van der Waals surface area contributed by atoms with Gasteiger partial charge in [0.05, 0.1) is 0 Å². The smallest absolute Gasteiger partial charge is 0.0366 e. The lowest BCUT2D eigenvalue weighted by atomic mass is 10.0. The number of anilines is 1. The number of benzene rings is 1. The third kappa shape index (κ3) is 3.24. The fourth-order valence-electron chi connectivity index (χ4n) is 3.97. The second kappa shape index (κ2) is 6.80. The third-order valence-electron chi connectivity index (χ3n) is 5.22. The van der Waals surface area contributed by atoms with E-state index in [2.05, 4.69) is 46.3 Å². The molecule has 2 heterocycles.